The number of urea groups is 1. The number of amides is 3. The number of anilines is 4. The maximum absolute atomic E-state index is 13.6. The first-order valence-corrected chi connectivity index (χ1v) is 20.0. The van der Waals surface area contributed by atoms with Gasteiger partial charge in [-0.2, -0.15) is 0 Å². The summed E-state index contributed by atoms with van der Waals surface area (Å²) in [4.78, 5) is 34.0. The van der Waals surface area contributed by atoms with Crippen LogP contribution in [0.5, 0.6) is 23.0 Å². The van der Waals surface area contributed by atoms with Crippen molar-refractivity contribution < 1.29 is 28.4 Å². The predicted octanol–water partition coefficient (Wildman–Crippen LogP) is 7.84. The van der Waals surface area contributed by atoms with Crippen molar-refractivity contribution in [1.82, 2.24) is 15.2 Å². The molecule has 4 aromatic carbocycles. The maximum atomic E-state index is 13.6. The Morgan fingerprint density at radius 3 is 2.22 bits per heavy atom. The summed E-state index contributed by atoms with van der Waals surface area (Å²) < 4.78 is 31.4. The normalized spacial score (nSPS) is 11.7. The van der Waals surface area contributed by atoms with Gasteiger partial charge < -0.3 is 40.0 Å². The number of methoxy groups -OCH3 is 2. The van der Waals surface area contributed by atoms with Crippen molar-refractivity contribution in [3.63, 3.8) is 0 Å². The fourth-order valence-corrected chi connectivity index (χ4v) is 7.12. The average Bonchev–Trinajstić information content (AvgIpc) is 3.11. The Kier molecular flexibility index (Phi) is 11.9. The van der Waals surface area contributed by atoms with Gasteiger partial charge in [-0.05, 0) is 80.9 Å². The number of hydrogen-bond donors (Lipinski definition) is 3. The fraction of sp³-hybridized carbons (Fsp3) is 0.293. The van der Waals surface area contributed by atoms with Crippen molar-refractivity contribution in [2.75, 3.05) is 65.0 Å². The number of hydrogen-bond acceptors (Lipinski definition) is 9. The summed E-state index contributed by atoms with van der Waals surface area (Å²) in [5.74, 6) is 2.07. The Hall–Kier alpha value is -5.58. The second-order valence-corrected chi connectivity index (χ2v) is 17.7. The molecule has 0 saturated carbocycles. The smallest absolute Gasteiger partial charge is 0.324 e. The lowest BCUT2D eigenvalue weighted by atomic mass is 9.86. The Morgan fingerprint density at radius 1 is 0.870 bits per heavy atom. The molecule has 5 aromatic rings. The van der Waals surface area contributed by atoms with E-state index < -0.39 is 13.2 Å². The van der Waals surface area contributed by atoms with Crippen LogP contribution in [0.1, 0.15) is 36.7 Å². The van der Waals surface area contributed by atoms with Crippen LogP contribution in [0, 0.1) is 0 Å². The third-order valence-electron chi connectivity index (χ3n) is 8.79. The van der Waals surface area contributed by atoms with E-state index >= 15 is 0 Å². The molecular formula is C41H49N6O6P. The first kappa shape index (κ1) is 39.6. The van der Waals surface area contributed by atoms with Crippen LogP contribution in [0.25, 0.3) is 10.8 Å². The van der Waals surface area contributed by atoms with Gasteiger partial charge in [0.2, 0.25) is 0 Å². The number of pyridine rings is 1. The third kappa shape index (κ3) is 8.95. The number of primary amides is 1. The molecule has 0 fully saturated rings. The van der Waals surface area contributed by atoms with E-state index in [0.29, 0.717) is 75.2 Å². The number of rotatable bonds is 13. The van der Waals surface area contributed by atoms with E-state index in [9.17, 15) is 14.2 Å². The Balaban J connectivity index is 1.48. The standard InChI is InChI=1S/C41H49N6O6P/c1-41(2,3)26-22-33(38(52-7)36(23-26)54(8,9)50)47(40(42)49)32-16-17-34(30-13-11-10-12-29(30)32)53-28-18-19-43-37(25-28)45-27-14-15-31(35(24-27)51-6)39(48)44-20-21-46(4)5/h10-19,22-25H,20-21H2,1-9H3,(H2,42,49)(H,43,45)(H,44,48). The number of ether oxygens (including phenoxy) is 3. The largest absolute Gasteiger partial charge is 0.496 e. The molecule has 13 heteroatoms. The topological polar surface area (TPSA) is 148 Å². The summed E-state index contributed by atoms with van der Waals surface area (Å²) in [5, 5.41) is 8.12. The van der Waals surface area contributed by atoms with E-state index in [2.05, 4.69) is 36.4 Å². The van der Waals surface area contributed by atoms with Gasteiger partial charge in [-0.15, -0.1) is 0 Å². The lowest BCUT2D eigenvalue weighted by molar-refractivity contribution is 0.0948. The van der Waals surface area contributed by atoms with Crippen molar-refractivity contribution >= 4 is 58.0 Å². The number of nitrogens with zero attached hydrogens (tertiary/aromatic N) is 3. The van der Waals surface area contributed by atoms with Gasteiger partial charge in [-0.3, -0.25) is 9.69 Å². The zero-order chi connectivity index (χ0) is 39.4. The molecule has 1 aromatic heterocycles. The molecule has 0 saturated heterocycles. The second kappa shape index (κ2) is 16.2. The van der Waals surface area contributed by atoms with Crippen LogP contribution < -0.4 is 40.8 Å². The average molecular weight is 753 g/mol. The molecule has 54 heavy (non-hydrogen) atoms. The van der Waals surface area contributed by atoms with Crippen LogP contribution in [0.15, 0.2) is 85.1 Å². The number of fused-ring (bicyclic) bond motifs is 1. The minimum Gasteiger partial charge on any atom is -0.496 e. The Bertz CT molecular complexity index is 2230. The van der Waals surface area contributed by atoms with Crippen molar-refractivity contribution in [3.05, 3.63) is 96.2 Å². The molecular weight excluding hydrogens is 703 g/mol. The number of benzene rings is 4. The van der Waals surface area contributed by atoms with Gasteiger partial charge in [0.1, 0.15) is 30.2 Å². The Morgan fingerprint density at radius 2 is 1.59 bits per heavy atom. The van der Waals surface area contributed by atoms with Crippen LogP contribution >= 0.6 is 7.14 Å². The molecule has 0 unspecified atom stereocenters. The van der Waals surface area contributed by atoms with Crippen LogP contribution in [-0.4, -0.2) is 76.6 Å². The van der Waals surface area contributed by atoms with Gasteiger partial charge in [-0.25, -0.2) is 9.78 Å². The minimum atomic E-state index is -2.85. The monoisotopic (exact) mass is 752 g/mol. The molecule has 5 rings (SSSR count). The zero-order valence-corrected chi connectivity index (χ0v) is 33.2. The fourth-order valence-electron chi connectivity index (χ4n) is 5.98. The van der Waals surface area contributed by atoms with E-state index in [1.165, 1.54) is 19.1 Å². The van der Waals surface area contributed by atoms with Crippen molar-refractivity contribution in [3.8, 4) is 23.0 Å². The molecule has 0 aliphatic carbocycles. The van der Waals surface area contributed by atoms with E-state index in [4.69, 9.17) is 19.9 Å². The van der Waals surface area contributed by atoms with Crippen LogP contribution in [0.4, 0.5) is 27.7 Å². The molecule has 3 amide bonds. The molecule has 0 spiro atoms. The van der Waals surface area contributed by atoms with Gasteiger partial charge in [0.25, 0.3) is 5.91 Å². The summed E-state index contributed by atoms with van der Waals surface area (Å²) in [7, 11) is 4.05. The molecule has 4 N–H and O–H groups in total. The molecule has 0 aliphatic heterocycles. The maximum Gasteiger partial charge on any atom is 0.324 e. The SMILES string of the molecule is COc1cc(Nc2cc(Oc3ccc(N(C(N)=O)c4cc(C(C)(C)C)cc(P(C)(C)=O)c4OC)c4ccccc34)ccn2)ccc1C(=O)NCCN(C)C. The minimum absolute atomic E-state index is 0.221. The molecule has 12 nitrogen and oxygen atoms in total. The summed E-state index contributed by atoms with van der Waals surface area (Å²) in [6.07, 6.45) is 1.62. The van der Waals surface area contributed by atoms with E-state index in [0.717, 1.165) is 10.9 Å². The summed E-state index contributed by atoms with van der Waals surface area (Å²) in [5.41, 5.74) is 8.68. The number of nitrogens with two attached hydrogens (primary N) is 1. The zero-order valence-electron chi connectivity index (χ0n) is 32.3. The highest BCUT2D eigenvalue weighted by atomic mass is 31.2. The summed E-state index contributed by atoms with van der Waals surface area (Å²) in [6, 6.07) is 22.8. The summed E-state index contributed by atoms with van der Waals surface area (Å²) in [6.45, 7) is 10.7. The highest BCUT2D eigenvalue weighted by Gasteiger charge is 2.30. The first-order valence-electron chi connectivity index (χ1n) is 17.4. The van der Waals surface area contributed by atoms with Gasteiger partial charge in [0.05, 0.1) is 36.5 Å². The van der Waals surface area contributed by atoms with Crippen molar-refractivity contribution in [2.45, 2.75) is 26.2 Å². The van der Waals surface area contributed by atoms with Crippen molar-refractivity contribution in [1.29, 1.82) is 0 Å². The molecule has 1 heterocycles. The highest BCUT2D eigenvalue weighted by Crippen LogP contribution is 2.47. The molecule has 0 aliphatic rings. The summed E-state index contributed by atoms with van der Waals surface area (Å²) >= 11 is 0. The highest BCUT2D eigenvalue weighted by molar-refractivity contribution is 7.70. The van der Waals surface area contributed by atoms with Crippen molar-refractivity contribution in [2.24, 2.45) is 5.73 Å². The second-order valence-electron chi connectivity index (χ2n) is 14.5. The quantitative estimate of drug-likeness (QED) is 0.102. The molecule has 0 radical (unpaired) electrons. The predicted molar refractivity (Wildman–Crippen MR) is 218 cm³/mol. The number of nitrogens with one attached hydrogen (secondary N) is 2. The van der Waals surface area contributed by atoms with Gasteiger partial charge >= 0.3 is 6.03 Å². The number of carbonyl (C=O) groups is 2. The number of carbonyl (C=O) groups excluding carboxylic acids is 2. The lowest BCUT2D eigenvalue weighted by Gasteiger charge is -2.30. The van der Waals surface area contributed by atoms with E-state index in [1.54, 1.807) is 62.0 Å². The van der Waals surface area contributed by atoms with Gasteiger partial charge in [0.15, 0.2) is 5.75 Å². The molecule has 0 atom stereocenters. The van der Waals surface area contributed by atoms with E-state index in [1.807, 2.05) is 55.4 Å². The lowest BCUT2D eigenvalue weighted by Crippen LogP contribution is -2.33. The van der Waals surface area contributed by atoms with Crippen LogP contribution in [-0.2, 0) is 9.98 Å². The van der Waals surface area contributed by atoms with Gasteiger partial charge in [0, 0.05) is 47.9 Å². The molecule has 0 bridgehead atoms. The number of aromatic nitrogens is 1. The first-order chi connectivity index (χ1) is 25.5. The van der Waals surface area contributed by atoms with Crippen LogP contribution in [0.2, 0.25) is 0 Å². The molecule has 284 valence electrons. The van der Waals surface area contributed by atoms with E-state index in [-0.39, 0.29) is 11.3 Å². The van der Waals surface area contributed by atoms with Crippen LogP contribution in [0.3, 0.4) is 0 Å². The number of likely N-dealkylation sites (N-methyl/N-ethyl adjacent to an activating group) is 1. The van der Waals surface area contributed by atoms with Gasteiger partial charge in [-0.1, -0.05) is 45.0 Å². The third-order valence-corrected chi connectivity index (χ3v) is 10.3. The Labute approximate surface area is 317 Å².